The molecule has 0 unspecified atom stereocenters. The molecule has 26 heavy (non-hydrogen) atoms. The lowest BCUT2D eigenvalue weighted by molar-refractivity contribution is -0.674. The highest BCUT2D eigenvalue weighted by atomic mass is 32.2. The van der Waals surface area contributed by atoms with E-state index in [0.717, 1.165) is 5.56 Å². The van der Waals surface area contributed by atoms with Gasteiger partial charge in [0.25, 0.3) is 5.91 Å². The van der Waals surface area contributed by atoms with Crippen LogP contribution in [0.5, 0.6) is 0 Å². The van der Waals surface area contributed by atoms with Crippen molar-refractivity contribution in [3.05, 3.63) is 60.2 Å². The van der Waals surface area contributed by atoms with E-state index in [0.29, 0.717) is 18.7 Å². The van der Waals surface area contributed by atoms with Gasteiger partial charge in [0.15, 0.2) is 6.04 Å². The molecular weight excluding hydrogens is 354 g/mol. The number of para-hydroxylation sites is 1. The van der Waals surface area contributed by atoms with Gasteiger partial charge >= 0.3 is 0 Å². The van der Waals surface area contributed by atoms with Crippen LogP contribution >= 0.6 is 0 Å². The molecule has 0 spiro atoms. The summed E-state index contributed by atoms with van der Waals surface area (Å²) >= 11 is 0. The van der Waals surface area contributed by atoms with Crippen molar-refractivity contribution in [2.24, 2.45) is 5.14 Å². The van der Waals surface area contributed by atoms with Gasteiger partial charge in [-0.1, -0.05) is 30.3 Å². The fourth-order valence-corrected chi connectivity index (χ4v) is 3.50. The Morgan fingerprint density at radius 1 is 1.04 bits per heavy atom. The molecule has 1 saturated heterocycles. The molecule has 7 nitrogen and oxygen atoms in total. The number of hydrogen-bond acceptors (Lipinski definition) is 4. The minimum Gasteiger partial charge on any atom is -0.335 e. The number of carbonyl (C=O) groups is 2. The van der Waals surface area contributed by atoms with Crippen molar-refractivity contribution in [2.45, 2.75) is 23.8 Å². The summed E-state index contributed by atoms with van der Waals surface area (Å²) in [4.78, 5) is 26.0. The molecule has 1 atom stereocenters. The Kier molecular flexibility index (Phi) is 5.17. The first kappa shape index (κ1) is 18.2. The number of carbonyl (C=O) groups excluding carboxylic acids is 2. The molecule has 0 aromatic heterocycles. The predicted molar refractivity (Wildman–Crippen MR) is 95.7 cm³/mol. The summed E-state index contributed by atoms with van der Waals surface area (Å²) in [5, 5.41) is 6.93. The second kappa shape index (κ2) is 7.36. The maximum Gasteiger partial charge on any atom is 0.292 e. The zero-order valence-electron chi connectivity index (χ0n) is 14.0. The Hall–Kier alpha value is -2.55. The molecule has 0 saturated carbocycles. The third kappa shape index (κ3) is 3.98. The fraction of sp³-hybridized carbons (Fsp3) is 0.222. The summed E-state index contributed by atoms with van der Waals surface area (Å²) in [5.74, 6) is -0.397. The van der Waals surface area contributed by atoms with E-state index >= 15 is 0 Å². The lowest BCUT2D eigenvalue weighted by atomic mass is 10.1. The number of amides is 2. The van der Waals surface area contributed by atoms with E-state index in [9.17, 15) is 18.0 Å². The molecule has 1 aliphatic rings. The Morgan fingerprint density at radius 2 is 1.69 bits per heavy atom. The van der Waals surface area contributed by atoms with Gasteiger partial charge < -0.3 is 5.32 Å². The molecule has 8 heteroatoms. The van der Waals surface area contributed by atoms with E-state index in [1.165, 1.54) is 17.0 Å². The molecule has 136 valence electrons. The summed E-state index contributed by atoms with van der Waals surface area (Å²) in [6.45, 7) is 0.612. The van der Waals surface area contributed by atoms with Gasteiger partial charge in [-0.15, -0.1) is 0 Å². The van der Waals surface area contributed by atoms with Gasteiger partial charge in [-0.3, -0.25) is 9.59 Å². The number of hydrogen-bond donors (Lipinski definition) is 2. The van der Waals surface area contributed by atoms with E-state index in [-0.39, 0.29) is 23.1 Å². The average Bonchev–Trinajstić information content (AvgIpc) is 2.89. The van der Waals surface area contributed by atoms with Crippen molar-refractivity contribution in [2.75, 3.05) is 11.4 Å². The van der Waals surface area contributed by atoms with Crippen molar-refractivity contribution in [3.8, 4) is 0 Å². The molecule has 2 aromatic carbocycles. The molecule has 2 amide bonds. The van der Waals surface area contributed by atoms with Crippen molar-refractivity contribution in [1.82, 2.24) is 0 Å². The molecule has 1 aliphatic heterocycles. The van der Waals surface area contributed by atoms with Crippen LogP contribution in [0.2, 0.25) is 0 Å². The third-order valence-electron chi connectivity index (χ3n) is 4.33. The molecule has 0 aliphatic carbocycles. The van der Waals surface area contributed by atoms with Crippen LogP contribution in [-0.2, 0) is 26.0 Å². The zero-order valence-corrected chi connectivity index (χ0v) is 14.9. The van der Waals surface area contributed by atoms with E-state index in [1.807, 2.05) is 11.4 Å². The number of imide groups is 1. The number of nitrogens with two attached hydrogens (primary N) is 2. The molecule has 1 fully saturated rings. The Morgan fingerprint density at radius 3 is 2.31 bits per heavy atom. The quantitative estimate of drug-likeness (QED) is 0.680. The highest BCUT2D eigenvalue weighted by molar-refractivity contribution is 7.89. The number of rotatable bonds is 6. The SMILES string of the molecule is NS(=O)(=O)c1ccc(CC[NH2+][C@@H]2CC(=O)N(c3ccccc3)C2=O)cc1. The first-order valence-corrected chi connectivity index (χ1v) is 9.78. The molecule has 2 aromatic rings. The first-order valence-electron chi connectivity index (χ1n) is 8.23. The molecule has 3 rings (SSSR count). The second-order valence-corrected chi connectivity index (χ2v) is 7.74. The number of anilines is 1. The van der Waals surface area contributed by atoms with E-state index in [2.05, 4.69) is 0 Å². The monoisotopic (exact) mass is 374 g/mol. The predicted octanol–water partition coefficient (Wildman–Crippen LogP) is -0.228. The molecule has 1 heterocycles. The van der Waals surface area contributed by atoms with Crippen LogP contribution in [0.15, 0.2) is 59.5 Å². The van der Waals surface area contributed by atoms with Crippen molar-refractivity contribution in [3.63, 3.8) is 0 Å². The fourth-order valence-electron chi connectivity index (χ4n) is 2.98. The van der Waals surface area contributed by atoms with Crippen LogP contribution in [0.4, 0.5) is 5.69 Å². The Labute approximate surface area is 151 Å². The number of nitrogens with zero attached hydrogens (tertiary/aromatic N) is 1. The molecule has 0 bridgehead atoms. The summed E-state index contributed by atoms with van der Waals surface area (Å²) in [6.07, 6.45) is 0.826. The van der Waals surface area contributed by atoms with Gasteiger partial charge in [-0.05, 0) is 29.8 Å². The summed E-state index contributed by atoms with van der Waals surface area (Å²) in [7, 11) is -3.69. The van der Waals surface area contributed by atoms with E-state index in [1.54, 1.807) is 36.4 Å². The van der Waals surface area contributed by atoms with E-state index < -0.39 is 16.1 Å². The number of quaternary nitrogens is 1. The van der Waals surface area contributed by atoms with Crippen LogP contribution < -0.4 is 15.4 Å². The summed E-state index contributed by atoms with van der Waals surface area (Å²) < 4.78 is 22.5. The van der Waals surface area contributed by atoms with Crippen LogP contribution in [0.1, 0.15) is 12.0 Å². The first-order chi connectivity index (χ1) is 12.4. The average molecular weight is 374 g/mol. The second-order valence-electron chi connectivity index (χ2n) is 6.18. The van der Waals surface area contributed by atoms with Gasteiger partial charge in [-0.2, -0.15) is 0 Å². The highest BCUT2D eigenvalue weighted by Gasteiger charge is 2.41. The number of primary sulfonamides is 1. The van der Waals surface area contributed by atoms with Crippen molar-refractivity contribution in [1.29, 1.82) is 0 Å². The third-order valence-corrected chi connectivity index (χ3v) is 5.26. The smallest absolute Gasteiger partial charge is 0.292 e. The lowest BCUT2D eigenvalue weighted by Gasteiger charge is -2.13. The highest BCUT2D eigenvalue weighted by Crippen LogP contribution is 2.20. The van der Waals surface area contributed by atoms with Crippen LogP contribution in [0.25, 0.3) is 0 Å². The van der Waals surface area contributed by atoms with Gasteiger partial charge in [-0.25, -0.2) is 18.5 Å². The van der Waals surface area contributed by atoms with Crippen LogP contribution in [-0.4, -0.2) is 32.8 Å². The standard InChI is InChI=1S/C18H19N3O4S/c19-26(24,25)15-8-6-13(7-9-15)10-11-20-16-12-17(22)21(18(16)23)14-4-2-1-3-5-14/h1-9,16,20H,10-12H2,(H2,19,24,25)/p+1/t16-/m1/s1. The molecule has 4 N–H and O–H groups in total. The van der Waals surface area contributed by atoms with E-state index in [4.69, 9.17) is 5.14 Å². The normalized spacial score (nSPS) is 17.7. The lowest BCUT2D eigenvalue weighted by Crippen LogP contribution is -2.92. The molecule has 0 radical (unpaired) electrons. The van der Waals surface area contributed by atoms with Gasteiger partial charge in [0.05, 0.1) is 23.5 Å². The maximum absolute atomic E-state index is 12.5. The molecular formula is C18H20N3O4S+. The van der Waals surface area contributed by atoms with Crippen LogP contribution in [0, 0.1) is 0 Å². The topological polar surface area (TPSA) is 114 Å². The zero-order chi connectivity index (χ0) is 18.7. The van der Waals surface area contributed by atoms with Gasteiger partial charge in [0.2, 0.25) is 15.9 Å². The minimum atomic E-state index is -3.69. The Balaban J connectivity index is 1.57. The Bertz CT molecular complexity index is 911. The largest absolute Gasteiger partial charge is 0.335 e. The summed E-state index contributed by atoms with van der Waals surface area (Å²) in [6, 6.07) is 14.8. The van der Waals surface area contributed by atoms with Crippen molar-refractivity contribution >= 4 is 27.5 Å². The summed E-state index contributed by atoms with van der Waals surface area (Å²) in [5.41, 5.74) is 1.53. The van der Waals surface area contributed by atoms with Crippen molar-refractivity contribution < 1.29 is 23.3 Å². The number of benzene rings is 2. The maximum atomic E-state index is 12.5. The van der Waals surface area contributed by atoms with Gasteiger partial charge in [0, 0.05) is 6.42 Å². The minimum absolute atomic E-state index is 0.0697. The van der Waals surface area contributed by atoms with Gasteiger partial charge in [0.1, 0.15) is 0 Å². The number of sulfonamides is 1. The van der Waals surface area contributed by atoms with Crippen LogP contribution in [0.3, 0.4) is 0 Å².